The second-order valence-electron chi connectivity index (χ2n) is 2.91. The molecule has 0 unspecified atom stereocenters. The van der Waals surface area contributed by atoms with Gasteiger partial charge >= 0.3 is 0 Å². The molecule has 0 spiro atoms. The van der Waals surface area contributed by atoms with Crippen LogP contribution in [0.25, 0.3) is 11.2 Å². The van der Waals surface area contributed by atoms with Gasteiger partial charge in [0.2, 0.25) is 0 Å². The molecule has 0 bridgehead atoms. The first-order valence-electron chi connectivity index (χ1n) is 4.30. The van der Waals surface area contributed by atoms with Crippen LogP contribution in [-0.2, 0) is 6.54 Å². The van der Waals surface area contributed by atoms with E-state index in [-0.39, 0.29) is 0 Å². The predicted molar refractivity (Wildman–Crippen MR) is 63.2 cm³/mol. The fraction of sp³-hybridized carbons (Fsp3) is 0.375. The minimum Gasteiger partial charge on any atom is -0.382 e. The number of rotatable bonds is 3. The van der Waals surface area contributed by atoms with Crippen LogP contribution in [0.4, 0.5) is 5.82 Å². The molecule has 0 fully saturated rings. The first kappa shape index (κ1) is 9.63. The van der Waals surface area contributed by atoms with Gasteiger partial charge in [-0.15, -0.1) is 0 Å². The average Bonchev–Trinajstić information content (AvgIpc) is 2.60. The smallest absolute Gasteiger partial charge is 0.165 e. The summed E-state index contributed by atoms with van der Waals surface area (Å²) in [4.78, 5) is 12.2. The Labute approximate surface area is 94.9 Å². The van der Waals surface area contributed by atoms with Crippen LogP contribution in [0.2, 0.25) is 0 Å². The highest BCUT2D eigenvalue weighted by Crippen LogP contribution is 2.14. The Hall–Kier alpha value is -0.920. The molecule has 0 aromatic carbocycles. The second kappa shape index (κ2) is 4.07. The van der Waals surface area contributed by atoms with Gasteiger partial charge in [-0.05, 0) is 6.42 Å². The van der Waals surface area contributed by atoms with E-state index >= 15 is 0 Å². The van der Waals surface area contributed by atoms with Gasteiger partial charge in [0.1, 0.15) is 11.8 Å². The number of fused-ring (bicyclic) bond motifs is 1. The van der Waals surface area contributed by atoms with Crippen LogP contribution in [0.5, 0.6) is 0 Å². The zero-order chi connectivity index (χ0) is 9.97. The van der Waals surface area contributed by atoms with Crippen molar-refractivity contribution in [3.63, 3.8) is 0 Å². The van der Waals surface area contributed by atoms with Crippen molar-refractivity contribution >= 4 is 39.6 Å². The molecular formula is C8H10IN5. The van der Waals surface area contributed by atoms with Crippen molar-refractivity contribution in [2.45, 2.75) is 13.0 Å². The van der Waals surface area contributed by atoms with Crippen molar-refractivity contribution in [1.29, 1.82) is 0 Å². The second-order valence-corrected chi connectivity index (χ2v) is 3.99. The molecule has 74 valence electrons. The predicted octanol–water partition coefficient (Wildman–Crippen LogP) is 1.23. The minimum absolute atomic E-state index is 0.447. The lowest BCUT2D eigenvalue weighted by Crippen LogP contribution is -1.99. The molecule has 0 aliphatic heterocycles. The summed E-state index contributed by atoms with van der Waals surface area (Å²) in [7, 11) is 0. The molecule has 2 heterocycles. The third kappa shape index (κ3) is 1.66. The SMILES string of the molecule is Nc1ncnc2c1ncn2CCCI. The number of hydrogen-bond acceptors (Lipinski definition) is 4. The molecule has 0 saturated carbocycles. The quantitative estimate of drug-likeness (QED) is 0.684. The van der Waals surface area contributed by atoms with Crippen LogP contribution in [0.3, 0.4) is 0 Å². The normalized spacial score (nSPS) is 10.9. The Bertz CT molecular complexity index is 438. The Balaban J connectivity index is 2.42. The zero-order valence-corrected chi connectivity index (χ0v) is 9.68. The first-order valence-corrected chi connectivity index (χ1v) is 5.82. The van der Waals surface area contributed by atoms with Crippen molar-refractivity contribution < 1.29 is 0 Å². The summed E-state index contributed by atoms with van der Waals surface area (Å²) >= 11 is 2.35. The number of aryl methyl sites for hydroxylation is 1. The van der Waals surface area contributed by atoms with E-state index in [1.165, 1.54) is 6.33 Å². The van der Waals surface area contributed by atoms with Gasteiger partial charge in [0.05, 0.1) is 6.33 Å². The molecule has 5 nitrogen and oxygen atoms in total. The molecule has 14 heavy (non-hydrogen) atoms. The third-order valence-electron chi connectivity index (χ3n) is 1.96. The van der Waals surface area contributed by atoms with Crippen LogP contribution >= 0.6 is 22.6 Å². The maximum Gasteiger partial charge on any atom is 0.165 e. The van der Waals surface area contributed by atoms with Gasteiger partial charge in [-0.3, -0.25) is 0 Å². The van der Waals surface area contributed by atoms with Crippen LogP contribution in [0.1, 0.15) is 6.42 Å². The van der Waals surface area contributed by atoms with E-state index in [1.54, 1.807) is 6.33 Å². The number of imidazole rings is 1. The van der Waals surface area contributed by atoms with Crippen molar-refractivity contribution in [3.05, 3.63) is 12.7 Å². The highest BCUT2D eigenvalue weighted by atomic mass is 127. The molecule has 2 aromatic rings. The fourth-order valence-electron chi connectivity index (χ4n) is 1.29. The van der Waals surface area contributed by atoms with Gasteiger partial charge in [0.15, 0.2) is 11.5 Å². The highest BCUT2D eigenvalue weighted by Gasteiger charge is 2.06. The van der Waals surface area contributed by atoms with E-state index in [4.69, 9.17) is 5.73 Å². The lowest BCUT2D eigenvalue weighted by molar-refractivity contribution is 0.701. The Morgan fingerprint density at radius 1 is 1.36 bits per heavy atom. The molecule has 0 saturated heterocycles. The van der Waals surface area contributed by atoms with Crippen molar-refractivity contribution in [2.75, 3.05) is 10.2 Å². The summed E-state index contributed by atoms with van der Waals surface area (Å²) in [5.74, 6) is 0.447. The molecule has 2 rings (SSSR count). The minimum atomic E-state index is 0.447. The molecule has 0 amide bonds. The molecule has 0 radical (unpaired) electrons. The van der Waals surface area contributed by atoms with Gasteiger partial charge in [0.25, 0.3) is 0 Å². The van der Waals surface area contributed by atoms with Crippen LogP contribution in [0, 0.1) is 0 Å². The summed E-state index contributed by atoms with van der Waals surface area (Å²) in [5.41, 5.74) is 7.19. The topological polar surface area (TPSA) is 69.6 Å². The van der Waals surface area contributed by atoms with E-state index in [0.29, 0.717) is 11.3 Å². The van der Waals surface area contributed by atoms with Crippen LogP contribution in [-0.4, -0.2) is 23.9 Å². The number of nitrogens with two attached hydrogens (primary N) is 1. The van der Waals surface area contributed by atoms with Gasteiger partial charge in [0, 0.05) is 11.0 Å². The summed E-state index contributed by atoms with van der Waals surface area (Å²) < 4.78 is 3.13. The third-order valence-corrected chi connectivity index (χ3v) is 2.72. The lowest BCUT2D eigenvalue weighted by Gasteiger charge is -2.00. The number of nitrogens with zero attached hydrogens (tertiary/aromatic N) is 4. The Morgan fingerprint density at radius 2 is 2.21 bits per heavy atom. The van der Waals surface area contributed by atoms with Gasteiger partial charge < -0.3 is 10.3 Å². The van der Waals surface area contributed by atoms with Gasteiger partial charge in [-0.1, -0.05) is 22.6 Å². The molecular weight excluding hydrogens is 293 g/mol. The molecule has 2 aromatic heterocycles. The zero-order valence-electron chi connectivity index (χ0n) is 7.52. The number of anilines is 1. The summed E-state index contributed by atoms with van der Waals surface area (Å²) in [6.45, 7) is 0.926. The summed E-state index contributed by atoms with van der Waals surface area (Å²) in [6.07, 6.45) is 4.35. The number of halogens is 1. The van der Waals surface area contributed by atoms with Gasteiger partial charge in [-0.25, -0.2) is 15.0 Å². The maximum absolute atomic E-state index is 5.67. The van der Waals surface area contributed by atoms with Crippen molar-refractivity contribution in [3.8, 4) is 0 Å². The van der Waals surface area contributed by atoms with Crippen LogP contribution < -0.4 is 5.73 Å². The summed E-state index contributed by atoms with van der Waals surface area (Å²) in [6, 6.07) is 0. The van der Waals surface area contributed by atoms with Gasteiger partial charge in [-0.2, -0.15) is 0 Å². The monoisotopic (exact) mass is 303 g/mol. The van der Waals surface area contributed by atoms with Crippen molar-refractivity contribution in [2.24, 2.45) is 0 Å². The standard InChI is InChI=1S/C8H10IN5/c9-2-1-3-14-5-13-6-7(10)11-4-12-8(6)14/h4-5H,1-3H2,(H2,10,11,12). The maximum atomic E-state index is 5.67. The fourth-order valence-corrected chi connectivity index (χ4v) is 1.63. The van der Waals surface area contributed by atoms with E-state index in [9.17, 15) is 0 Å². The van der Waals surface area contributed by atoms with E-state index in [0.717, 1.165) is 23.0 Å². The average molecular weight is 303 g/mol. The highest BCUT2D eigenvalue weighted by molar-refractivity contribution is 14.1. The number of hydrogen-bond donors (Lipinski definition) is 1. The number of aromatic nitrogens is 4. The molecule has 0 aliphatic rings. The molecule has 0 aliphatic carbocycles. The van der Waals surface area contributed by atoms with Crippen molar-refractivity contribution in [1.82, 2.24) is 19.5 Å². The van der Waals surface area contributed by atoms with Crippen LogP contribution in [0.15, 0.2) is 12.7 Å². The largest absolute Gasteiger partial charge is 0.382 e. The summed E-state index contributed by atoms with van der Waals surface area (Å²) in [5, 5.41) is 0. The van der Waals surface area contributed by atoms with E-state index in [1.807, 2.05) is 4.57 Å². The number of alkyl halides is 1. The molecule has 0 atom stereocenters. The Morgan fingerprint density at radius 3 is 3.00 bits per heavy atom. The number of nitrogen functional groups attached to an aromatic ring is 1. The first-order chi connectivity index (χ1) is 6.83. The lowest BCUT2D eigenvalue weighted by atomic mass is 10.4. The van der Waals surface area contributed by atoms with E-state index < -0.39 is 0 Å². The molecule has 6 heteroatoms. The van der Waals surface area contributed by atoms with E-state index in [2.05, 4.69) is 37.5 Å². The molecule has 2 N–H and O–H groups in total. The Kier molecular flexibility index (Phi) is 2.80.